The fraction of sp³-hybridized carbons (Fsp3) is 0.333. The van der Waals surface area contributed by atoms with Crippen LogP contribution in [0.5, 0.6) is 11.5 Å². The highest BCUT2D eigenvalue weighted by atomic mass is 16.5. The molecule has 1 fully saturated rings. The number of nitrogens with one attached hydrogen (secondary N) is 2. The lowest BCUT2D eigenvalue weighted by molar-refractivity contribution is 0.413. The summed E-state index contributed by atoms with van der Waals surface area (Å²) >= 11 is 0. The number of anilines is 1. The van der Waals surface area contributed by atoms with Crippen molar-refractivity contribution in [3.63, 3.8) is 0 Å². The quantitative estimate of drug-likeness (QED) is 0.868. The van der Waals surface area contributed by atoms with Gasteiger partial charge in [0, 0.05) is 12.6 Å². The predicted octanol–water partition coefficient (Wildman–Crippen LogP) is 4.03. The molecule has 2 aromatic rings. The third-order valence-electron chi connectivity index (χ3n) is 3.81. The van der Waals surface area contributed by atoms with Crippen LogP contribution in [0.15, 0.2) is 54.6 Å². The number of hydrogen-bond donors (Lipinski definition) is 2. The number of ether oxygens (including phenoxy) is 1. The molecular weight excluding hydrogens is 260 g/mol. The zero-order chi connectivity index (χ0) is 14.3. The van der Waals surface area contributed by atoms with Crippen LogP contribution in [0.25, 0.3) is 0 Å². The summed E-state index contributed by atoms with van der Waals surface area (Å²) in [5, 5.41) is 7.07. The van der Waals surface area contributed by atoms with Crippen LogP contribution in [-0.2, 0) is 0 Å². The summed E-state index contributed by atoms with van der Waals surface area (Å²) < 4.78 is 5.97. The van der Waals surface area contributed by atoms with E-state index in [9.17, 15) is 0 Å². The van der Waals surface area contributed by atoms with Crippen molar-refractivity contribution < 1.29 is 4.74 Å². The van der Waals surface area contributed by atoms with Gasteiger partial charge in [0.2, 0.25) is 0 Å². The summed E-state index contributed by atoms with van der Waals surface area (Å²) in [5.41, 5.74) is 1.05. The van der Waals surface area contributed by atoms with Gasteiger partial charge in [-0.1, -0.05) is 36.8 Å². The number of piperidine rings is 1. The molecule has 0 amide bonds. The minimum Gasteiger partial charge on any atom is -0.455 e. The van der Waals surface area contributed by atoms with E-state index in [1.807, 2.05) is 48.5 Å². The Hall–Kier alpha value is -2.00. The van der Waals surface area contributed by atoms with Gasteiger partial charge in [-0.05, 0) is 43.7 Å². The average molecular weight is 282 g/mol. The first kappa shape index (κ1) is 14.0. The van der Waals surface area contributed by atoms with E-state index in [1.165, 1.54) is 19.3 Å². The molecule has 0 spiro atoms. The molecule has 1 aliphatic rings. The molecule has 2 aromatic carbocycles. The molecule has 0 aliphatic carbocycles. The first-order chi connectivity index (χ1) is 10.4. The Morgan fingerprint density at radius 1 is 1.00 bits per heavy atom. The lowest BCUT2D eigenvalue weighted by atomic mass is 10.1. The first-order valence-electron chi connectivity index (χ1n) is 7.71. The van der Waals surface area contributed by atoms with Crippen LogP contribution in [-0.4, -0.2) is 19.1 Å². The molecule has 1 heterocycles. The van der Waals surface area contributed by atoms with Crippen LogP contribution >= 0.6 is 0 Å². The second kappa shape index (κ2) is 7.14. The number of rotatable bonds is 5. The van der Waals surface area contributed by atoms with E-state index >= 15 is 0 Å². The normalized spacial score (nSPS) is 18.2. The highest BCUT2D eigenvalue weighted by Crippen LogP contribution is 2.29. The topological polar surface area (TPSA) is 33.3 Å². The van der Waals surface area contributed by atoms with Gasteiger partial charge in [-0.25, -0.2) is 0 Å². The Balaban J connectivity index is 1.64. The fourth-order valence-corrected chi connectivity index (χ4v) is 2.65. The van der Waals surface area contributed by atoms with Crippen LogP contribution in [0.3, 0.4) is 0 Å². The largest absolute Gasteiger partial charge is 0.455 e. The Labute approximate surface area is 126 Å². The smallest absolute Gasteiger partial charge is 0.150 e. The summed E-state index contributed by atoms with van der Waals surface area (Å²) in [6.45, 7) is 2.07. The maximum atomic E-state index is 5.97. The lowest BCUT2D eigenvalue weighted by Gasteiger charge is -2.24. The molecule has 110 valence electrons. The first-order valence-corrected chi connectivity index (χ1v) is 7.71. The minimum atomic E-state index is 0.559. The van der Waals surface area contributed by atoms with Crippen molar-refractivity contribution in [1.82, 2.24) is 5.32 Å². The van der Waals surface area contributed by atoms with Crippen molar-refractivity contribution in [2.75, 3.05) is 18.4 Å². The zero-order valence-electron chi connectivity index (χ0n) is 12.2. The Morgan fingerprint density at radius 2 is 1.81 bits per heavy atom. The summed E-state index contributed by atoms with van der Waals surface area (Å²) in [7, 11) is 0. The predicted molar refractivity (Wildman–Crippen MR) is 87.1 cm³/mol. The van der Waals surface area contributed by atoms with E-state index in [0.29, 0.717) is 6.04 Å². The van der Waals surface area contributed by atoms with Crippen molar-refractivity contribution in [3.8, 4) is 11.5 Å². The molecule has 3 heteroatoms. The molecular formula is C18H22N2O. The standard InChI is InChI=1S/C18H22N2O/c1-2-9-16(10-3-1)21-18-12-5-4-11-17(18)20-14-15-8-6-7-13-19-15/h1-5,9-12,15,19-20H,6-8,13-14H2. The van der Waals surface area contributed by atoms with E-state index in [0.717, 1.165) is 30.3 Å². The summed E-state index contributed by atoms with van der Waals surface area (Å²) in [6.07, 6.45) is 3.86. The van der Waals surface area contributed by atoms with Gasteiger partial charge in [-0.15, -0.1) is 0 Å². The lowest BCUT2D eigenvalue weighted by Crippen LogP contribution is -2.39. The van der Waals surface area contributed by atoms with Gasteiger partial charge in [0.1, 0.15) is 5.75 Å². The Bertz CT molecular complexity index is 550. The summed E-state index contributed by atoms with van der Waals surface area (Å²) in [6, 6.07) is 18.6. The van der Waals surface area contributed by atoms with E-state index in [1.54, 1.807) is 0 Å². The minimum absolute atomic E-state index is 0.559. The van der Waals surface area contributed by atoms with Gasteiger partial charge < -0.3 is 15.4 Å². The second-order valence-electron chi connectivity index (χ2n) is 5.44. The van der Waals surface area contributed by atoms with Gasteiger partial charge in [0.25, 0.3) is 0 Å². The van der Waals surface area contributed by atoms with E-state index in [4.69, 9.17) is 4.74 Å². The third kappa shape index (κ3) is 3.99. The van der Waals surface area contributed by atoms with Crippen molar-refractivity contribution >= 4 is 5.69 Å². The highest BCUT2D eigenvalue weighted by molar-refractivity contribution is 5.57. The van der Waals surface area contributed by atoms with Gasteiger partial charge in [-0.3, -0.25) is 0 Å². The molecule has 1 aliphatic heterocycles. The molecule has 1 atom stereocenters. The van der Waals surface area contributed by atoms with Crippen LogP contribution in [0, 0.1) is 0 Å². The molecule has 1 unspecified atom stereocenters. The SMILES string of the molecule is c1ccc(Oc2ccccc2NCC2CCCCN2)cc1. The van der Waals surface area contributed by atoms with Gasteiger partial charge >= 0.3 is 0 Å². The molecule has 21 heavy (non-hydrogen) atoms. The van der Waals surface area contributed by atoms with Crippen LogP contribution in [0.1, 0.15) is 19.3 Å². The van der Waals surface area contributed by atoms with Crippen molar-refractivity contribution in [2.24, 2.45) is 0 Å². The molecule has 0 saturated carbocycles. The third-order valence-corrected chi connectivity index (χ3v) is 3.81. The van der Waals surface area contributed by atoms with E-state index in [2.05, 4.69) is 16.7 Å². The van der Waals surface area contributed by atoms with E-state index in [-0.39, 0.29) is 0 Å². The van der Waals surface area contributed by atoms with Crippen molar-refractivity contribution in [2.45, 2.75) is 25.3 Å². The molecule has 1 saturated heterocycles. The maximum absolute atomic E-state index is 5.97. The number of para-hydroxylation sites is 3. The average Bonchev–Trinajstić information content (AvgIpc) is 2.56. The van der Waals surface area contributed by atoms with Crippen LogP contribution in [0.4, 0.5) is 5.69 Å². The zero-order valence-corrected chi connectivity index (χ0v) is 12.2. The Kier molecular flexibility index (Phi) is 4.74. The fourth-order valence-electron chi connectivity index (χ4n) is 2.65. The Morgan fingerprint density at radius 3 is 2.62 bits per heavy atom. The van der Waals surface area contributed by atoms with Crippen LogP contribution in [0.2, 0.25) is 0 Å². The molecule has 3 rings (SSSR count). The number of benzene rings is 2. The number of hydrogen-bond acceptors (Lipinski definition) is 3. The van der Waals surface area contributed by atoms with Crippen LogP contribution < -0.4 is 15.4 Å². The molecule has 3 nitrogen and oxygen atoms in total. The van der Waals surface area contributed by atoms with Crippen molar-refractivity contribution in [1.29, 1.82) is 0 Å². The van der Waals surface area contributed by atoms with Crippen molar-refractivity contribution in [3.05, 3.63) is 54.6 Å². The molecule has 2 N–H and O–H groups in total. The summed E-state index contributed by atoms with van der Waals surface area (Å²) in [4.78, 5) is 0. The van der Waals surface area contributed by atoms with E-state index < -0.39 is 0 Å². The highest BCUT2D eigenvalue weighted by Gasteiger charge is 2.13. The summed E-state index contributed by atoms with van der Waals surface area (Å²) in [5.74, 6) is 1.74. The van der Waals surface area contributed by atoms with Gasteiger partial charge in [-0.2, -0.15) is 0 Å². The van der Waals surface area contributed by atoms with Gasteiger partial charge in [0.05, 0.1) is 5.69 Å². The molecule has 0 radical (unpaired) electrons. The molecule has 0 aromatic heterocycles. The maximum Gasteiger partial charge on any atom is 0.150 e. The second-order valence-corrected chi connectivity index (χ2v) is 5.44. The molecule has 0 bridgehead atoms. The monoisotopic (exact) mass is 282 g/mol. The van der Waals surface area contributed by atoms with Gasteiger partial charge in [0.15, 0.2) is 5.75 Å².